The Labute approximate surface area is 354 Å². The van der Waals surface area contributed by atoms with Crippen molar-refractivity contribution in [3.63, 3.8) is 0 Å². The molecule has 3 fully saturated rings. The molecule has 2 bridgehead atoms. The molecular formula is C50H52F3NO7. The van der Waals surface area contributed by atoms with Crippen LogP contribution in [0.1, 0.15) is 80.3 Å². The van der Waals surface area contributed by atoms with Crippen LogP contribution in [0.2, 0.25) is 0 Å². The third kappa shape index (κ3) is 6.31. The highest BCUT2D eigenvalue weighted by Crippen LogP contribution is 2.78. The predicted octanol–water partition coefficient (Wildman–Crippen LogP) is 10.4. The van der Waals surface area contributed by atoms with Crippen molar-refractivity contribution in [1.29, 1.82) is 0 Å². The number of aliphatic hydroxyl groups excluding tert-OH is 1. The van der Waals surface area contributed by atoms with Crippen molar-refractivity contribution in [2.24, 2.45) is 33.5 Å². The molecule has 4 aromatic carbocycles. The van der Waals surface area contributed by atoms with Gasteiger partial charge < -0.3 is 29.3 Å². The second-order valence-electron chi connectivity index (χ2n) is 18.6. The summed E-state index contributed by atoms with van der Waals surface area (Å²) in [7, 11) is 3.10. The van der Waals surface area contributed by atoms with E-state index in [0.29, 0.717) is 66.9 Å². The topological polar surface area (TPSA) is 106 Å². The summed E-state index contributed by atoms with van der Waals surface area (Å²) in [6.07, 6.45) is 4.17. The fraction of sp³-hybridized carbons (Fsp3) is 0.440. The molecule has 8 nitrogen and oxygen atoms in total. The van der Waals surface area contributed by atoms with Gasteiger partial charge in [0.1, 0.15) is 17.2 Å². The number of rotatable bonds is 9. The molecule has 320 valence electrons. The summed E-state index contributed by atoms with van der Waals surface area (Å²) in [5, 5.41) is 26.2. The minimum Gasteiger partial charge on any atom is -0.497 e. The zero-order chi connectivity index (χ0) is 43.2. The molecule has 1 amide bonds. The van der Waals surface area contributed by atoms with Crippen LogP contribution in [0.15, 0.2) is 109 Å². The zero-order valence-corrected chi connectivity index (χ0v) is 34.9. The molecule has 0 radical (unpaired) electrons. The van der Waals surface area contributed by atoms with Crippen LogP contribution in [0.5, 0.6) is 17.2 Å². The molecule has 4 aromatic rings. The number of Topliss-reactive ketones (excluding diaryl/α,β-unsaturated/α-hetero) is 1. The maximum atomic E-state index is 15.0. The van der Waals surface area contributed by atoms with Crippen LogP contribution in [0, 0.1) is 33.5 Å². The number of aliphatic hydroxyl groups is 2. The molecule has 1 unspecified atom stereocenters. The lowest BCUT2D eigenvalue weighted by atomic mass is 9.32. The fourth-order valence-corrected chi connectivity index (χ4v) is 12.7. The summed E-state index contributed by atoms with van der Waals surface area (Å²) in [5.41, 5.74) is -4.06. The third-order valence-electron chi connectivity index (χ3n) is 15.9. The van der Waals surface area contributed by atoms with E-state index in [0.717, 1.165) is 29.3 Å². The van der Waals surface area contributed by atoms with Crippen molar-refractivity contribution in [2.75, 3.05) is 20.8 Å². The minimum absolute atomic E-state index is 0.0401. The zero-order valence-electron chi connectivity index (χ0n) is 34.9. The van der Waals surface area contributed by atoms with E-state index in [1.807, 2.05) is 42.5 Å². The molecule has 6 aliphatic carbocycles. The van der Waals surface area contributed by atoms with Crippen molar-refractivity contribution in [2.45, 2.75) is 83.2 Å². The fourth-order valence-electron chi connectivity index (χ4n) is 12.7. The van der Waals surface area contributed by atoms with Gasteiger partial charge in [-0.3, -0.25) is 4.79 Å². The van der Waals surface area contributed by atoms with Crippen LogP contribution in [-0.4, -0.2) is 59.5 Å². The van der Waals surface area contributed by atoms with E-state index >= 15 is 0 Å². The predicted molar refractivity (Wildman–Crippen MR) is 224 cm³/mol. The molecule has 6 aliphatic rings. The minimum atomic E-state index is -4.63. The summed E-state index contributed by atoms with van der Waals surface area (Å²) in [6.45, 7) is 4.25. The van der Waals surface area contributed by atoms with E-state index in [-0.39, 0.29) is 35.9 Å². The Hall–Kier alpha value is -5.13. The number of hydrogen-bond donors (Lipinski definition) is 2. The maximum absolute atomic E-state index is 15.0. The number of alkyl halides is 3. The van der Waals surface area contributed by atoms with Gasteiger partial charge in [0.25, 0.3) is 0 Å². The van der Waals surface area contributed by atoms with Crippen LogP contribution in [0.25, 0.3) is 10.8 Å². The third-order valence-corrected chi connectivity index (χ3v) is 15.9. The molecule has 0 saturated heterocycles. The number of amides is 1. The number of halogens is 3. The standard InChI is InChI=1S/C50H52F3NO7/c1-45-19-16-36(55)27-47(45)22-23-49(39(28-47)43(56)33-10-7-11-35(24-33)50(51,52)53)41(45)17-20-46(2)42(49)18-21-48(46,58)30-54(29-34-13-14-37(59-3)26-40(34)60-4)44(57)61-38-15-12-31-8-5-6-9-32(31)25-38/h5-15,22-26,28,36,41-42,55,58H,16-21,27,29-30H2,1-4H3/t36?,41-,42-,45-,46+,47+,48-,49-/m1/s1. The van der Waals surface area contributed by atoms with Gasteiger partial charge >= 0.3 is 12.3 Å². The van der Waals surface area contributed by atoms with Gasteiger partial charge in [-0.25, -0.2) is 4.79 Å². The van der Waals surface area contributed by atoms with Crippen molar-refractivity contribution in [3.8, 4) is 17.2 Å². The number of carbonyl (C=O) groups is 2. The van der Waals surface area contributed by atoms with Gasteiger partial charge in [0, 0.05) is 39.0 Å². The van der Waals surface area contributed by atoms with Gasteiger partial charge in [-0.2, -0.15) is 13.2 Å². The summed E-state index contributed by atoms with van der Waals surface area (Å²) in [5.74, 6) is 0.574. The van der Waals surface area contributed by atoms with Crippen LogP contribution in [0.3, 0.4) is 0 Å². The highest BCUT2D eigenvalue weighted by molar-refractivity contribution is 6.10. The molecule has 3 saturated carbocycles. The van der Waals surface area contributed by atoms with Crippen LogP contribution in [-0.2, 0) is 12.7 Å². The average Bonchev–Trinajstić information content (AvgIpc) is 3.52. The molecule has 0 aliphatic heterocycles. The van der Waals surface area contributed by atoms with Crippen molar-refractivity contribution in [3.05, 3.63) is 125 Å². The molecule has 0 heterocycles. The number of methoxy groups -OCH3 is 2. The van der Waals surface area contributed by atoms with E-state index in [1.165, 1.54) is 17.0 Å². The second kappa shape index (κ2) is 14.5. The highest BCUT2D eigenvalue weighted by atomic mass is 19.4. The lowest BCUT2D eigenvalue weighted by Gasteiger charge is -2.71. The lowest BCUT2D eigenvalue weighted by Crippen LogP contribution is -2.67. The highest BCUT2D eigenvalue weighted by Gasteiger charge is 2.74. The first-order chi connectivity index (χ1) is 29.0. The monoisotopic (exact) mass is 835 g/mol. The van der Waals surface area contributed by atoms with Gasteiger partial charge in [0.05, 0.1) is 44.6 Å². The first kappa shape index (κ1) is 41.2. The molecule has 10 rings (SSSR count). The van der Waals surface area contributed by atoms with Gasteiger partial charge in [-0.1, -0.05) is 74.5 Å². The number of fused-ring (bicyclic) bond motifs is 2. The van der Waals surface area contributed by atoms with Crippen LogP contribution < -0.4 is 14.2 Å². The van der Waals surface area contributed by atoms with Crippen molar-refractivity contribution >= 4 is 22.6 Å². The van der Waals surface area contributed by atoms with E-state index in [4.69, 9.17) is 14.2 Å². The molecule has 61 heavy (non-hydrogen) atoms. The van der Waals surface area contributed by atoms with E-state index in [9.17, 15) is 33.0 Å². The number of hydrogen-bond acceptors (Lipinski definition) is 7. The molecular weight excluding hydrogens is 784 g/mol. The first-order valence-electron chi connectivity index (χ1n) is 21.2. The van der Waals surface area contributed by atoms with E-state index < -0.39 is 51.6 Å². The van der Waals surface area contributed by atoms with Crippen LogP contribution in [0.4, 0.5) is 18.0 Å². The average molecular weight is 836 g/mol. The molecule has 2 N–H and O–H groups in total. The smallest absolute Gasteiger partial charge is 0.416 e. The van der Waals surface area contributed by atoms with Crippen molar-refractivity contribution in [1.82, 2.24) is 4.90 Å². The molecule has 11 heteroatoms. The Balaban J connectivity index is 1.11. The summed E-state index contributed by atoms with van der Waals surface area (Å²) in [6, 6.07) is 23.2. The maximum Gasteiger partial charge on any atom is 0.416 e. The summed E-state index contributed by atoms with van der Waals surface area (Å²) in [4.78, 5) is 31.0. The Kier molecular flexibility index (Phi) is 9.79. The number of benzene rings is 4. The number of carbonyl (C=O) groups excluding carboxylic acids is 2. The number of ketones is 1. The Morgan fingerprint density at radius 3 is 2.28 bits per heavy atom. The summed E-state index contributed by atoms with van der Waals surface area (Å²) < 4.78 is 59.4. The van der Waals surface area contributed by atoms with Gasteiger partial charge in [0.15, 0.2) is 5.78 Å². The summed E-state index contributed by atoms with van der Waals surface area (Å²) >= 11 is 0. The quantitative estimate of drug-likeness (QED) is 0.128. The molecule has 2 spiro atoms. The lowest BCUT2D eigenvalue weighted by molar-refractivity contribution is -0.175. The van der Waals surface area contributed by atoms with Gasteiger partial charge in [-0.15, -0.1) is 0 Å². The van der Waals surface area contributed by atoms with E-state index in [2.05, 4.69) is 26.0 Å². The number of ether oxygens (including phenoxy) is 3. The normalized spacial score (nSPS) is 32.3. The van der Waals surface area contributed by atoms with E-state index in [1.54, 1.807) is 38.5 Å². The second-order valence-corrected chi connectivity index (χ2v) is 18.6. The molecule has 8 atom stereocenters. The largest absolute Gasteiger partial charge is 0.497 e. The van der Waals surface area contributed by atoms with Crippen LogP contribution >= 0.6 is 0 Å². The number of allylic oxidation sites excluding steroid dienone is 4. The Bertz CT molecular complexity index is 2480. The van der Waals surface area contributed by atoms with Crippen molar-refractivity contribution < 1.29 is 47.2 Å². The van der Waals surface area contributed by atoms with Gasteiger partial charge in [0.2, 0.25) is 0 Å². The number of nitrogens with zero attached hydrogens (tertiary/aromatic N) is 1. The SMILES string of the molecule is COc1ccc(CN(C[C@]2(O)CC[C@H]3[C@]45C=C[C@@]6(C=C4C(=O)c4cccc(C(F)(F)F)c4)CC(O)CC[C@]6(C)[C@H]5CC[C@@]32C)C(=O)Oc2ccc3ccccc3c2)c(OC)c1. The van der Waals surface area contributed by atoms with Gasteiger partial charge in [-0.05, 0) is 109 Å². The molecule has 0 aromatic heterocycles. The first-order valence-corrected chi connectivity index (χ1v) is 21.2. The Morgan fingerprint density at radius 1 is 0.803 bits per heavy atom. The Morgan fingerprint density at radius 2 is 1.52 bits per heavy atom.